The van der Waals surface area contributed by atoms with Crippen LogP contribution in [0.5, 0.6) is 0 Å². The molecule has 10 heteroatoms. The third-order valence-corrected chi connectivity index (χ3v) is 2.93. The van der Waals surface area contributed by atoms with E-state index in [0.717, 1.165) is 8.61 Å². The first-order valence-electron chi connectivity index (χ1n) is 5.97. The molecule has 2 amide bonds. The Bertz CT molecular complexity index is 547. The van der Waals surface area contributed by atoms with E-state index in [0.29, 0.717) is 11.4 Å². The molecule has 0 saturated heterocycles. The molecular formula is C12H14N4O4S2. The first-order chi connectivity index (χ1) is 10.5. The van der Waals surface area contributed by atoms with Gasteiger partial charge >= 0.3 is 12.2 Å². The van der Waals surface area contributed by atoms with Gasteiger partial charge in [0.1, 0.15) is 0 Å². The first-order valence-corrected chi connectivity index (χ1v) is 6.77. The average Bonchev–Trinajstić information content (AvgIpc) is 2.56. The summed E-state index contributed by atoms with van der Waals surface area (Å²) in [6.45, 7) is 3.19. The van der Waals surface area contributed by atoms with Gasteiger partial charge in [0.15, 0.2) is 0 Å². The van der Waals surface area contributed by atoms with E-state index in [1.54, 1.807) is 32.0 Å². The summed E-state index contributed by atoms with van der Waals surface area (Å²) < 4.78 is 1.85. The number of anilines is 2. The molecule has 1 aromatic rings. The number of benzene rings is 1. The Balaban J connectivity index is 2.89. The van der Waals surface area contributed by atoms with Crippen LogP contribution in [0.3, 0.4) is 0 Å². The number of hydrogen-bond donors (Lipinski definition) is 2. The minimum absolute atomic E-state index is 0.350. The van der Waals surface area contributed by atoms with Gasteiger partial charge in [-0.3, -0.25) is 9.68 Å². The van der Waals surface area contributed by atoms with Gasteiger partial charge in [-0.25, -0.2) is 18.2 Å². The van der Waals surface area contributed by atoms with E-state index in [9.17, 15) is 9.59 Å². The van der Waals surface area contributed by atoms with Gasteiger partial charge in [0, 0.05) is 12.4 Å². The molecular weight excluding hydrogens is 328 g/mol. The van der Waals surface area contributed by atoms with Crippen LogP contribution >= 0.6 is 25.6 Å². The van der Waals surface area contributed by atoms with Crippen molar-refractivity contribution in [3.63, 3.8) is 0 Å². The Morgan fingerprint density at radius 2 is 1.41 bits per heavy atom. The highest BCUT2D eigenvalue weighted by Crippen LogP contribution is 2.26. The molecule has 22 heavy (non-hydrogen) atoms. The summed E-state index contributed by atoms with van der Waals surface area (Å²) in [5, 5.41) is 6.71. The van der Waals surface area contributed by atoms with Gasteiger partial charge in [-0.1, -0.05) is 42.0 Å². The topological polar surface area (TPSA) is 83.8 Å². The number of amides is 2. The predicted molar refractivity (Wildman–Crippen MR) is 90.7 cm³/mol. The second-order valence-electron chi connectivity index (χ2n) is 3.59. The normalized spacial score (nSPS) is 10.7. The van der Waals surface area contributed by atoms with Gasteiger partial charge < -0.3 is 0 Å². The van der Waals surface area contributed by atoms with Crippen LogP contribution in [0.4, 0.5) is 21.0 Å². The third-order valence-electron chi connectivity index (χ3n) is 2.14. The van der Waals surface area contributed by atoms with Gasteiger partial charge in [0.05, 0.1) is 11.4 Å². The fourth-order valence-electron chi connectivity index (χ4n) is 1.24. The molecule has 0 aliphatic rings. The van der Waals surface area contributed by atoms with E-state index < -0.39 is 12.2 Å². The molecule has 0 atom stereocenters. The largest absolute Gasteiger partial charge is 0.450 e. The molecule has 0 spiro atoms. The van der Waals surface area contributed by atoms with Crippen LogP contribution < -0.4 is 8.61 Å². The van der Waals surface area contributed by atoms with E-state index >= 15 is 0 Å². The lowest BCUT2D eigenvalue weighted by Crippen LogP contribution is -2.22. The van der Waals surface area contributed by atoms with Crippen molar-refractivity contribution in [3.8, 4) is 0 Å². The molecule has 0 radical (unpaired) electrons. The summed E-state index contributed by atoms with van der Waals surface area (Å²) in [6.07, 6.45) is 1.02. The summed E-state index contributed by atoms with van der Waals surface area (Å²) >= 11 is 8.03. The minimum atomic E-state index is -0.803. The van der Waals surface area contributed by atoms with Crippen LogP contribution in [0, 0.1) is 0 Å². The molecule has 0 fully saturated rings. The Hall–Kier alpha value is -2.20. The summed E-state index contributed by atoms with van der Waals surface area (Å²) in [7, 11) is 0. The second kappa shape index (κ2) is 8.95. The zero-order chi connectivity index (χ0) is 16.5. The lowest BCUT2D eigenvalue weighted by atomic mass is 10.3. The van der Waals surface area contributed by atoms with Crippen LogP contribution in [0.25, 0.3) is 0 Å². The van der Waals surface area contributed by atoms with Crippen molar-refractivity contribution in [3.05, 3.63) is 24.3 Å². The van der Waals surface area contributed by atoms with E-state index in [4.69, 9.17) is 0 Å². The highest BCUT2D eigenvalue weighted by atomic mass is 32.1. The van der Waals surface area contributed by atoms with E-state index in [-0.39, 0.29) is 0 Å². The second-order valence-corrected chi connectivity index (χ2v) is 4.39. The smallest absolute Gasteiger partial charge is 0.297 e. The van der Waals surface area contributed by atoms with Crippen molar-refractivity contribution in [1.29, 1.82) is 0 Å². The van der Waals surface area contributed by atoms with Crippen molar-refractivity contribution in [2.45, 2.75) is 13.8 Å². The molecule has 8 nitrogen and oxygen atoms in total. The fourth-order valence-corrected chi connectivity index (χ4v) is 1.56. The van der Waals surface area contributed by atoms with Crippen LogP contribution in [-0.2, 0) is 9.68 Å². The number of carbonyl (C=O) groups excluding carboxylic acids is 2. The van der Waals surface area contributed by atoms with Crippen molar-refractivity contribution >= 4 is 61.6 Å². The molecule has 0 bridgehead atoms. The zero-order valence-corrected chi connectivity index (χ0v) is 13.6. The maximum absolute atomic E-state index is 11.6. The molecule has 0 aliphatic heterocycles. The number of carbonyl (C=O) groups is 2. The van der Waals surface area contributed by atoms with Crippen LogP contribution in [-0.4, -0.2) is 24.6 Å². The molecule has 1 rings (SSSR count). The minimum Gasteiger partial charge on any atom is -0.297 e. The highest BCUT2D eigenvalue weighted by Gasteiger charge is 2.18. The highest BCUT2D eigenvalue weighted by molar-refractivity contribution is 7.83. The first kappa shape index (κ1) is 17.9. The summed E-state index contributed by atoms with van der Waals surface area (Å²) in [6, 6.07) is 6.26. The van der Waals surface area contributed by atoms with Gasteiger partial charge in [-0.05, 0) is 32.0 Å². The maximum atomic E-state index is 11.6. The maximum Gasteiger partial charge on any atom is 0.450 e. The van der Waals surface area contributed by atoms with Crippen LogP contribution in [0.1, 0.15) is 13.8 Å². The van der Waals surface area contributed by atoms with Crippen molar-refractivity contribution in [1.82, 2.24) is 0 Å². The average molecular weight is 342 g/mol. The van der Waals surface area contributed by atoms with E-state index in [1.807, 2.05) is 0 Å². The Morgan fingerprint density at radius 3 is 1.77 bits per heavy atom. The Labute approximate surface area is 138 Å². The molecule has 0 heterocycles. The van der Waals surface area contributed by atoms with Gasteiger partial charge in [0.25, 0.3) is 0 Å². The summed E-state index contributed by atoms with van der Waals surface area (Å²) in [5.74, 6) is 0. The molecule has 0 unspecified atom stereocenters. The predicted octanol–water partition coefficient (Wildman–Crippen LogP) is 3.27. The number of thiol groups is 2. The van der Waals surface area contributed by atoms with Gasteiger partial charge in [-0.15, -0.1) is 0 Å². The lowest BCUT2D eigenvalue weighted by molar-refractivity contribution is 0.163. The van der Waals surface area contributed by atoms with E-state index in [2.05, 4.69) is 45.6 Å². The Kier molecular flexibility index (Phi) is 7.26. The molecule has 0 saturated carbocycles. The van der Waals surface area contributed by atoms with Crippen molar-refractivity contribution < 1.29 is 19.3 Å². The quantitative estimate of drug-likeness (QED) is 0.381. The SMILES string of the molecule is C/C=N/OC(=O)N(S)c1cccc(N(S)C(=O)O/N=C/C)c1. The third kappa shape index (κ3) is 4.97. The Morgan fingerprint density at radius 1 is 1.00 bits per heavy atom. The molecule has 1 aromatic carbocycles. The standard InChI is InChI=1S/C12H14N4O4S2/c1-3-13-19-11(17)15(21)9-6-5-7-10(8-9)16(22)12(18)20-14-4-2/h3-8,21-22H,1-2H3/b13-3+,14-4+. The molecule has 0 aromatic heterocycles. The molecule has 0 N–H and O–H groups in total. The van der Waals surface area contributed by atoms with Gasteiger partial charge in [-0.2, -0.15) is 0 Å². The summed E-state index contributed by atoms with van der Waals surface area (Å²) in [4.78, 5) is 32.3. The molecule has 118 valence electrons. The monoisotopic (exact) mass is 342 g/mol. The van der Waals surface area contributed by atoms with E-state index in [1.165, 1.54) is 18.5 Å². The lowest BCUT2D eigenvalue weighted by Gasteiger charge is -2.17. The van der Waals surface area contributed by atoms with Crippen LogP contribution in [0.15, 0.2) is 34.6 Å². The van der Waals surface area contributed by atoms with Crippen LogP contribution in [0.2, 0.25) is 0 Å². The van der Waals surface area contributed by atoms with Crippen molar-refractivity contribution in [2.75, 3.05) is 8.61 Å². The number of rotatable bonds is 4. The summed E-state index contributed by atoms with van der Waals surface area (Å²) in [5.41, 5.74) is 0.700. The number of nitrogens with zero attached hydrogens (tertiary/aromatic N) is 4. The fraction of sp³-hybridized carbons (Fsp3) is 0.167. The number of oxime groups is 2. The molecule has 0 aliphatic carbocycles. The van der Waals surface area contributed by atoms with Crippen molar-refractivity contribution in [2.24, 2.45) is 10.3 Å². The number of hydrogen-bond acceptors (Lipinski definition) is 8. The zero-order valence-electron chi connectivity index (χ0n) is 11.8. The van der Waals surface area contributed by atoms with Gasteiger partial charge in [0.2, 0.25) is 0 Å².